The molecule has 1 aliphatic carbocycles. The third-order valence-corrected chi connectivity index (χ3v) is 8.34. The van der Waals surface area contributed by atoms with Gasteiger partial charge in [-0.2, -0.15) is 18.2 Å². The van der Waals surface area contributed by atoms with E-state index in [-0.39, 0.29) is 57.6 Å². The Morgan fingerprint density at radius 3 is 2.35 bits per heavy atom. The number of amides is 3. The number of nitrogens with one attached hydrogen (secondary N) is 3. The van der Waals surface area contributed by atoms with E-state index in [1.165, 1.54) is 0 Å². The van der Waals surface area contributed by atoms with Crippen LogP contribution in [-0.2, 0) is 11.0 Å². The Morgan fingerprint density at radius 1 is 1.14 bits per heavy atom. The van der Waals surface area contributed by atoms with Crippen molar-refractivity contribution in [2.75, 3.05) is 25.5 Å². The number of nitrogens with two attached hydrogens (primary N) is 1. The second-order valence-electron chi connectivity index (χ2n) is 10.6. The number of benzene rings is 1. The maximum Gasteiger partial charge on any atom is 0.416 e. The van der Waals surface area contributed by atoms with E-state index in [2.05, 4.69) is 32.6 Å². The van der Waals surface area contributed by atoms with E-state index < -0.39 is 11.7 Å². The first-order chi connectivity index (χ1) is 20.3. The van der Waals surface area contributed by atoms with Gasteiger partial charge in [-0.05, 0) is 64.3 Å². The maximum absolute atomic E-state index is 13.3. The summed E-state index contributed by atoms with van der Waals surface area (Å²) in [5.41, 5.74) is 5.12. The number of imidazole rings is 1. The highest BCUT2D eigenvalue weighted by Gasteiger charge is 2.33. The largest absolute Gasteiger partial charge is 0.416 e. The van der Waals surface area contributed by atoms with Crippen LogP contribution in [-0.4, -0.2) is 65.2 Å². The normalized spacial score (nSPS) is 21.3. The Hall–Kier alpha value is -3.52. The molecule has 1 saturated heterocycles. The predicted molar refractivity (Wildman–Crippen MR) is 161 cm³/mol. The number of rotatable bonds is 6. The van der Waals surface area contributed by atoms with Crippen LogP contribution in [0.2, 0.25) is 10.0 Å². The lowest BCUT2D eigenvalue weighted by Crippen LogP contribution is -2.51. The van der Waals surface area contributed by atoms with E-state index in [1.807, 2.05) is 4.57 Å². The van der Waals surface area contributed by atoms with Crippen molar-refractivity contribution < 1.29 is 22.8 Å². The second-order valence-corrected chi connectivity index (χ2v) is 11.5. The van der Waals surface area contributed by atoms with E-state index in [0.717, 1.165) is 25.0 Å². The zero-order chi connectivity index (χ0) is 31.5. The average molecular weight is 645 g/mol. The molecule has 234 valence electrons. The van der Waals surface area contributed by atoms with Gasteiger partial charge in [0.05, 0.1) is 27.0 Å². The van der Waals surface area contributed by atoms with Gasteiger partial charge < -0.3 is 26.6 Å². The molecule has 4 rings (SSSR count). The number of alkyl halides is 3. The topological polar surface area (TPSA) is 142 Å². The molecule has 2 aromatic rings. The molecule has 1 aromatic carbocycles. The molecule has 0 spiro atoms. The number of anilines is 2. The van der Waals surface area contributed by atoms with Gasteiger partial charge in [0.2, 0.25) is 17.8 Å². The number of nitrogens with zero attached hydrogens (tertiary/aromatic N) is 5. The fourth-order valence-corrected chi connectivity index (χ4v) is 6.11. The maximum atomic E-state index is 13.3. The zero-order valence-electron chi connectivity index (χ0n) is 23.8. The summed E-state index contributed by atoms with van der Waals surface area (Å²) >= 11 is 12.5. The Morgan fingerprint density at radius 2 is 1.79 bits per heavy atom. The van der Waals surface area contributed by atoms with Gasteiger partial charge >= 0.3 is 12.2 Å². The van der Waals surface area contributed by atoms with Crippen LogP contribution in [0.1, 0.15) is 55.8 Å². The van der Waals surface area contributed by atoms with Crippen LogP contribution in [0.5, 0.6) is 0 Å². The lowest BCUT2D eigenvalue weighted by Gasteiger charge is -2.33. The third-order valence-electron chi connectivity index (χ3n) is 7.74. The lowest BCUT2D eigenvalue weighted by molar-refractivity contribution is -0.137. The van der Waals surface area contributed by atoms with Crippen molar-refractivity contribution in [2.24, 2.45) is 21.6 Å². The third kappa shape index (κ3) is 7.53. The highest BCUT2D eigenvalue weighted by Crippen LogP contribution is 2.43. The number of halogens is 5. The molecule has 1 aliphatic heterocycles. The Kier molecular flexibility index (Phi) is 10.1. The van der Waals surface area contributed by atoms with Crippen LogP contribution in [0.15, 0.2) is 22.1 Å². The number of guanidine groups is 1. The smallest absolute Gasteiger partial charge is 0.369 e. The molecule has 2 fully saturated rings. The molecule has 1 atom stereocenters. The van der Waals surface area contributed by atoms with Gasteiger partial charge in [0, 0.05) is 38.1 Å². The molecule has 2 heterocycles. The van der Waals surface area contributed by atoms with Gasteiger partial charge in [-0.1, -0.05) is 23.2 Å². The van der Waals surface area contributed by atoms with Crippen molar-refractivity contribution >= 4 is 65.3 Å². The number of aryl methyl sites for hydroxylation is 1. The molecule has 43 heavy (non-hydrogen) atoms. The number of urea groups is 1. The number of carbonyl (C=O) groups is 2. The summed E-state index contributed by atoms with van der Waals surface area (Å²) in [6.07, 6.45) is -0.814. The predicted octanol–water partition coefficient (Wildman–Crippen LogP) is 5.56. The molecule has 0 radical (unpaired) electrons. The first-order valence-corrected chi connectivity index (χ1v) is 14.6. The van der Waals surface area contributed by atoms with E-state index in [9.17, 15) is 22.8 Å². The molecule has 16 heteroatoms. The van der Waals surface area contributed by atoms with Crippen LogP contribution < -0.4 is 21.7 Å². The number of likely N-dealkylation sites (tertiary alicyclic amines) is 1. The number of hydrogen-bond donors (Lipinski definition) is 4. The van der Waals surface area contributed by atoms with Crippen molar-refractivity contribution in [1.82, 2.24) is 25.1 Å². The number of aliphatic imine (C=N–C) groups is 2. The monoisotopic (exact) mass is 643 g/mol. The standard InChI is InChI=1S/C27H34Cl2F3N9O2/c1-14-23(39-24(34-2)37-17-5-4-10-40(13-17)26(43)35-3)41(18-8-6-15(7-9-18)22(33)42)25(36-14)38-21-19(28)11-16(12-20(21)29)27(30,31)32/h11-12,15,17-18H,2,4-10,13H2,1,3H3,(H2,33,42)(H,35,43)(H,36,38)(H,37,39)/t15-,17-,18+/m1/s1. The Balaban J connectivity index is 1.71. The summed E-state index contributed by atoms with van der Waals surface area (Å²) in [7, 11) is 1.58. The Labute approximate surface area is 257 Å². The molecule has 0 bridgehead atoms. The van der Waals surface area contributed by atoms with Gasteiger partial charge in [0.25, 0.3) is 0 Å². The van der Waals surface area contributed by atoms with E-state index in [4.69, 9.17) is 33.9 Å². The van der Waals surface area contributed by atoms with Gasteiger partial charge in [-0.15, -0.1) is 0 Å². The fraction of sp³-hybridized carbons (Fsp3) is 0.519. The number of carbonyl (C=O) groups excluding carboxylic acids is 2. The molecule has 1 aromatic heterocycles. The van der Waals surface area contributed by atoms with Crippen LogP contribution >= 0.6 is 23.2 Å². The molecule has 5 N–H and O–H groups in total. The summed E-state index contributed by atoms with van der Waals surface area (Å²) in [4.78, 5) is 39.1. The first kappa shape index (κ1) is 32.4. The second kappa shape index (κ2) is 13.4. The summed E-state index contributed by atoms with van der Waals surface area (Å²) in [5, 5.41) is 8.46. The first-order valence-electron chi connectivity index (χ1n) is 13.8. The van der Waals surface area contributed by atoms with Crippen LogP contribution in [0, 0.1) is 12.8 Å². The highest BCUT2D eigenvalue weighted by molar-refractivity contribution is 6.39. The molecule has 1 saturated carbocycles. The molecule has 3 amide bonds. The molecule has 0 unspecified atom stereocenters. The minimum absolute atomic E-state index is 0.0561. The SMILES string of the molecule is C=N/C(=N\c1c(C)nc(Nc2c(Cl)cc(C(F)(F)F)cc2Cl)n1[C@H]1CC[C@@H](C(N)=O)CC1)N[C@@H]1CCCN(C(=O)NC)C1. The van der Waals surface area contributed by atoms with E-state index in [0.29, 0.717) is 50.3 Å². The quantitative estimate of drug-likeness (QED) is 0.241. The lowest BCUT2D eigenvalue weighted by atomic mass is 9.85. The fourth-order valence-electron chi connectivity index (χ4n) is 5.53. The molecular weight excluding hydrogens is 610 g/mol. The van der Waals surface area contributed by atoms with Crippen molar-refractivity contribution in [3.8, 4) is 0 Å². The molecular formula is C27H34Cl2F3N9O2. The summed E-state index contributed by atoms with van der Waals surface area (Å²) in [5.74, 6) is 0.286. The molecule has 11 nitrogen and oxygen atoms in total. The van der Waals surface area contributed by atoms with Crippen molar-refractivity contribution in [2.45, 2.75) is 63.7 Å². The van der Waals surface area contributed by atoms with E-state index >= 15 is 0 Å². The summed E-state index contributed by atoms with van der Waals surface area (Å²) in [6, 6.07) is 1.11. The van der Waals surface area contributed by atoms with Gasteiger partial charge in [-0.3, -0.25) is 9.36 Å². The highest BCUT2D eigenvalue weighted by atomic mass is 35.5. The van der Waals surface area contributed by atoms with E-state index in [1.54, 1.807) is 18.9 Å². The average Bonchev–Trinajstić information content (AvgIpc) is 3.27. The number of piperidine rings is 1. The van der Waals surface area contributed by atoms with Crippen LogP contribution in [0.4, 0.5) is 35.4 Å². The van der Waals surface area contributed by atoms with Crippen molar-refractivity contribution in [3.05, 3.63) is 33.4 Å². The van der Waals surface area contributed by atoms with Crippen molar-refractivity contribution in [1.29, 1.82) is 0 Å². The number of aromatic nitrogens is 2. The minimum Gasteiger partial charge on any atom is -0.369 e. The zero-order valence-corrected chi connectivity index (χ0v) is 25.3. The van der Waals surface area contributed by atoms with Gasteiger partial charge in [0.15, 0.2) is 5.82 Å². The van der Waals surface area contributed by atoms with Gasteiger partial charge in [0.1, 0.15) is 0 Å². The summed E-state index contributed by atoms with van der Waals surface area (Å²) < 4.78 is 41.8. The van der Waals surface area contributed by atoms with Gasteiger partial charge in [-0.25, -0.2) is 14.8 Å². The van der Waals surface area contributed by atoms with Crippen LogP contribution in [0.25, 0.3) is 0 Å². The Bertz CT molecular complexity index is 1380. The van der Waals surface area contributed by atoms with Crippen molar-refractivity contribution in [3.63, 3.8) is 0 Å². The minimum atomic E-state index is -4.63. The molecule has 2 aliphatic rings. The summed E-state index contributed by atoms with van der Waals surface area (Å²) in [6.45, 7) is 6.48. The number of primary amides is 1. The van der Waals surface area contributed by atoms with Crippen LogP contribution in [0.3, 0.4) is 0 Å². The number of hydrogen-bond acceptors (Lipinski definition) is 5.